The maximum absolute atomic E-state index is 13.3. The van der Waals surface area contributed by atoms with E-state index in [-0.39, 0.29) is 18.9 Å². The van der Waals surface area contributed by atoms with Crippen LogP contribution >= 0.6 is 0 Å². The zero-order valence-corrected chi connectivity index (χ0v) is 17.2. The summed E-state index contributed by atoms with van der Waals surface area (Å²) in [5, 5.41) is 0. The second kappa shape index (κ2) is 7.36. The van der Waals surface area contributed by atoms with Crippen LogP contribution in [0.3, 0.4) is 0 Å². The van der Waals surface area contributed by atoms with Crippen molar-refractivity contribution >= 4 is 6.09 Å². The minimum absolute atomic E-state index is 0.118. The molecular weight excluding hydrogens is 390 g/mol. The number of rotatable bonds is 5. The molecule has 6 rings (SSSR count). The molecule has 0 aromatic heterocycles. The summed E-state index contributed by atoms with van der Waals surface area (Å²) < 4.78 is 38.3. The molecule has 3 atom stereocenters. The van der Waals surface area contributed by atoms with Gasteiger partial charge in [0.2, 0.25) is 5.92 Å². The zero-order valence-electron chi connectivity index (χ0n) is 17.2. The minimum atomic E-state index is -2.56. The molecule has 5 fully saturated rings. The molecule has 2 N–H and O–H groups in total. The zero-order chi connectivity index (χ0) is 20.9. The first-order valence-corrected chi connectivity index (χ1v) is 11.2. The van der Waals surface area contributed by atoms with Crippen LogP contribution in [0.4, 0.5) is 13.6 Å². The lowest BCUT2D eigenvalue weighted by atomic mass is 9.75. The van der Waals surface area contributed by atoms with Crippen molar-refractivity contribution in [3.8, 4) is 5.75 Å². The van der Waals surface area contributed by atoms with Crippen molar-refractivity contribution in [1.29, 1.82) is 0 Å². The first-order chi connectivity index (χ1) is 14.3. The Morgan fingerprint density at radius 1 is 1.07 bits per heavy atom. The average Bonchev–Trinajstić information content (AvgIpc) is 3.45. The number of nitrogens with zero attached hydrogens (tertiary/aromatic N) is 1. The van der Waals surface area contributed by atoms with Gasteiger partial charge in [-0.15, -0.1) is 0 Å². The van der Waals surface area contributed by atoms with Crippen molar-refractivity contribution in [3.63, 3.8) is 0 Å². The van der Waals surface area contributed by atoms with Gasteiger partial charge in [0.1, 0.15) is 11.4 Å². The number of carbonyl (C=O) groups is 1. The summed E-state index contributed by atoms with van der Waals surface area (Å²) >= 11 is 0. The van der Waals surface area contributed by atoms with Crippen molar-refractivity contribution in [1.82, 2.24) is 4.90 Å². The van der Waals surface area contributed by atoms with Crippen molar-refractivity contribution in [2.45, 2.75) is 62.6 Å². The highest BCUT2D eigenvalue weighted by molar-refractivity contribution is 5.66. The van der Waals surface area contributed by atoms with Gasteiger partial charge in [0.25, 0.3) is 0 Å². The number of ether oxygens (including phenoxy) is 2. The van der Waals surface area contributed by atoms with Crippen LogP contribution in [-0.4, -0.2) is 42.7 Å². The van der Waals surface area contributed by atoms with E-state index in [0.717, 1.165) is 18.5 Å². The first kappa shape index (κ1) is 20.0. The molecule has 2 saturated carbocycles. The van der Waals surface area contributed by atoms with Crippen LogP contribution in [0.15, 0.2) is 24.3 Å². The third-order valence-electron chi connectivity index (χ3n) is 7.78. The SMILES string of the molecule is NC(=O)OC1(c2ccc(OC3CCC(F)(F)CC3)cc2)CC1C1CN2CCC1CC2. The van der Waals surface area contributed by atoms with E-state index in [9.17, 15) is 13.6 Å². The summed E-state index contributed by atoms with van der Waals surface area (Å²) in [6, 6.07) is 7.61. The van der Waals surface area contributed by atoms with Crippen LogP contribution in [0.2, 0.25) is 0 Å². The third kappa shape index (κ3) is 3.77. The monoisotopic (exact) mass is 420 g/mol. The topological polar surface area (TPSA) is 64.8 Å². The summed E-state index contributed by atoms with van der Waals surface area (Å²) in [6.45, 7) is 3.43. The fourth-order valence-electron chi connectivity index (χ4n) is 6.06. The van der Waals surface area contributed by atoms with E-state index in [0.29, 0.717) is 36.3 Å². The van der Waals surface area contributed by atoms with E-state index in [1.165, 1.54) is 25.9 Å². The van der Waals surface area contributed by atoms with Crippen LogP contribution < -0.4 is 10.5 Å². The first-order valence-electron chi connectivity index (χ1n) is 11.2. The molecule has 0 spiro atoms. The number of carbonyl (C=O) groups excluding carboxylic acids is 1. The van der Waals surface area contributed by atoms with Gasteiger partial charge in [0, 0.05) is 25.3 Å². The van der Waals surface area contributed by atoms with Gasteiger partial charge < -0.3 is 20.1 Å². The van der Waals surface area contributed by atoms with E-state index < -0.39 is 17.6 Å². The van der Waals surface area contributed by atoms with E-state index >= 15 is 0 Å². The van der Waals surface area contributed by atoms with E-state index in [1.54, 1.807) is 0 Å². The van der Waals surface area contributed by atoms with Gasteiger partial charge in [-0.2, -0.15) is 0 Å². The number of amides is 1. The van der Waals surface area contributed by atoms with Crippen molar-refractivity contribution in [3.05, 3.63) is 29.8 Å². The Morgan fingerprint density at radius 3 is 2.30 bits per heavy atom. The minimum Gasteiger partial charge on any atom is -0.490 e. The molecule has 5 aliphatic rings. The summed E-state index contributed by atoms with van der Waals surface area (Å²) in [4.78, 5) is 14.2. The number of primary amides is 1. The summed E-state index contributed by atoms with van der Waals surface area (Å²) in [5.41, 5.74) is 5.75. The number of benzene rings is 1. The Balaban J connectivity index is 1.28. The highest BCUT2D eigenvalue weighted by Gasteiger charge is 2.64. The van der Waals surface area contributed by atoms with E-state index in [2.05, 4.69) is 4.90 Å². The number of alkyl halides is 2. The fourth-order valence-corrected chi connectivity index (χ4v) is 6.06. The molecule has 3 heterocycles. The molecule has 5 nitrogen and oxygen atoms in total. The molecule has 3 unspecified atom stereocenters. The van der Waals surface area contributed by atoms with Gasteiger partial charge >= 0.3 is 6.09 Å². The number of piperidine rings is 3. The quantitative estimate of drug-likeness (QED) is 0.772. The normalized spacial score (nSPS) is 37.5. The van der Waals surface area contributed by atoms with Crippen molar-refractivity contribution in [2.24, 2.45) is 23.5 Å². The highest BCUT2D eigenvalue weighted by Crippen LogP contribution is 2.62. The van der Waals surface area contributed by atoms with Gasteiger partial charge in [-0.05, 0) is 74.7 Å². The number of nitrogens with two attached hydrogens (primary N) is 1. The summed E-state index contributed by atoms with van der Waals surface area (Å²) in [7, 11) is 0. The molecule has 3 saturated heterocycles. The number of hydrogen-bond donors (Lipinski definition) is 1. The molecule has 2 aliphatic carbocycles. The molecule has 0 radical (unpaired) electrons. The molecule has 1 aromatic rings. The van der Waals surface area contributed by atoms with Crippen LogP contribution in [0.25, 0.3) is 0 Å². The van der Waals surface area contributed by atoms with Gasteiger partial charge in [-0.1, -0.05) is 12.1 Å². The van der Waals surface area contributed by atoms with Crippen molar-refractivity contribution in [2.75, 3.05) is 19.6 Å². The molecular formula is C23H30F2N2O3. The Labute approximate surface area is 175 Å². The predicted octanol–water partition coefficient (Wildman–Crippen LogP) is 4.30. The van der Waals surface area contributed by atoms with E-state index in [4.69, 9.17) is 15.2 Å². The molecule has 30 heavy (non-hydrogen) atoms. The molecule has 164 valence electrons. The Morgan fingerprint density at radius 2 is 1.73 bits per heavy atom. The third-order valence-corrected chi connectivity index (χ3v) is 7.78. The predicted molar refractivity (Wildman–Crippen MR) is 107 cm³/mol. The Kier molecular flexibility index (Phi) is 4.92. The van der Waals surface area contributed by atoms with Crippen LogP contribution in [0, 0.1) is 17.8 Å². The molecule has 1 amide bonds. The summed E-state index contributed by atoms with van der Waals surface area (Å²) in [5.74, 6) is -0.357. The lowest BCUT2D eigenvalue weighted by Crippen LogP contribution is -2.49. The Bertz CT molecular complexity index is 784. The smallest absolute Gasteiger partial charge is 0.405 e. The Hall–Kier alpha value is -1.89. The lowest BCUT2D eigenvalue weighted by Gasteiger charge is -2.45. The van der Waals surface area contributed by atoms with Crippen LogP contribution in [-0.2, 0) is 10.3 Å². The number of fused-ring (bicyclic) bond motifs is 3. The standard InChI is InChI=1S/C23H30F2N2O3/c24-22(25)9-5-18(6-10-22)29-17-3-1-16(2-4-17)23(30-21(26)28)13-20(23)19-14-27-11-7-15(19)8-12-27/h1-4,15,18-20H,5-14H2,(H2,26,28). The fraction of sp³-hybridized carbons (Fsp3) is 0.696. The second-order valence-electron chi connectivity index (χ2n) is 9.62. The maximum Gasteiger partial charge on any atom is 0.405 e. The molecule has 1 aromatic carbocycles. The summed E-state index contributed by atoms with van der Waals surface area (Å²) in [6.07, 6.45) is 2.84. The van der Waals surface area contributed by atoms with Crippen LogP contribution in [0.1, 0.15) is 50.5 Å². The molecule has 7 heteroatoms. The number of halogens is 2. The van der Waals surface area contributed by atoms with Gasteiger partial charge in [0.15, 0.2) is 0 Å². The van der Waals surface area contributed by atoms with Gasteiger partial charge in [0.05, 0.1) is 6.10 Å². The van der Waals surface area contributed by atoms with Crippen LogP contribution in [0.5, 0.6) is 5.75 Å². The molecule has 2 bridgehead atoms. The lowest BCUT2D eigenvalue weighted by molar-refractivity contribution is -0.0582. The highest BCUT2D eigenvalue weighted by atomic mass is 19.3. The maximum atomic E-state index is 13.3. The van der Waals surface area contributed by atoms with Gasteiger partial charge in [-0.3, -0.25) is 0 Å². The van der Waals surface area contributed by atoms with Gasteiger partial charge in [-0.25, -0.2) is 13.6 Å². The molecule has 3 aliphatic heterocycles. The second-order valence-corrected chi connectivity index (χ2v) is 9.62. The largest absolute Gasteiger partial charge is 0.490 e. The number of hydrogen-bond acceptors (Lipinski definition) is 4. The van der Waals surface area contributed by atoms with Crippen molar-refractivity contribution < 1.29 is 23.0 Å². The average molecular weight is 421 g/mol. The van der Waals surface area contributed by atoms with E-state index in [1.807, 2.05) is 24.3 Å².